The van der Waals surface area contributed by atoms with Crippen molar-refractivity contribution in [3.05, 3.63) is 145 Å². The highest BCUT2D eigenvalue weighted by Gasteiger charge is 2.31. The molecule has 5 aromatic carbocycles. The fourth-order valence-electron chi connectivity index (χ4n) is 5.04. The molecule has 6 aromatic rings. The number of rotatable bonds is 5. The van der Waals surface area contributed by atoms with E-state index < -0.39 is 17.8 Å². The van der Waals surface area contributed by atoms with Gasteiger partial charge < -0.3 is 0 Å². The van der Waals surface area contributed by atoms with Gasteiger partial charge in [0.05, 0.1) is 16.8 Å². The number of nitrogens with zero attached hydrogens (tertiary/aromatic N) is 1. The van der Waals surface area contributed by atoms with E-state index in [1.54, 1.807) is 12.1 Å². The van der Waals surface area contributed by atoms with E-state index in [0.29, 0.717) is 16.8 Å². The molecule has 6 rings (SSSR count). The van der Waals surface area contributed by atoms with E-state index in [0.717, 1.165) is 44.6 Å². The lowest BCUT2D eigenvalue weighted by Crippen LogP contribution is -2.25. The topological polar surface area (TPSA) is 12.9 Å². The molecule has 0 aliphatic rings. The minimum atomic E-state index is -4.44. The summed E-state index contributed by atoms with van der Waals surface area (Å²) in [7, 11) is 0. The molecule has 0 fully saturated rings. The largest absolute Gasteiger partial charge is 0.416 e. The Morgan fingerprint density at radius 3 is 1.73 bits per heavy atom. The number of pyridine rings is 1. The Labute approximate surface area is 240 Å². The lowest BCUT2D eigenvalue weighted by atomic mass is 9.98. The monoisotopic (exact) mass is 583 g/mol. The van der Waals surface area contributed by atoms with Crippen molar-refractivity contribution in [2.24, 2.45) is 0 Å². The summed E-state index contributed by atoms with van der Waals surface area (Å²) >= 11 is 6.62. The highest BCUT2D eigenvalue weighted by Crippen LogP contribution is 2.45. The normalized spacial score (nSPS) is 12.0. The fraction of sp³-hybridized carbons (Fsp3) is 0.0294. The summed E-state index contributed by atoms with van der Waals surface area (Å²) in [5.41, 5.74) is 2.52. The Morgan fingerprint density at radius 1 is 0.610 bits per heavy atom. The van der Waals surface area contributed by atoms with E-state index in [1.807, 2.05) is 84.9 Å². The van der Waals surface area contributed by atoms with Crippen molar-refractivity contribution in [1.29, 1.82) is 0 Å². The molecule has 0 saturated heterocycles. The third kappa shape index (κ3) is 5.10. The van der Waals surface area contributed by atoms with Gasteiger partial charge >= 0.3 is 6.18 Å². The fourth-order valence-corrected chi connectivity index (χ4v) is 9.01. The third-order valence-electron chi connectivity index (χ3n) is 7.06. The maximum Gasteiger partial charge on any atom is 0.416 e. The molecule has 0 aliphatic carbocycles. The molecular weight excluding hydrogens is 561 g/mol. The van der Waals surface area contributed by atoms with Gasteiger partial charge in [0, 0.05) is 22.3 Å². The van der Waals surface area contributed by atoms with Gasteiger partial charge in [0.2, 0.25) is 0 Å². The van der Waals surface area contributed by atoms with Crippen LogP contribution in [0.2, 0.25) is 0 Å². The third-order valence-corrected chi connectivity index (χ3v) is 12.0. The molecule has 0 bridgehead atoms. The SMILES string of the molecule is Fc1ccc(-c2cc(-c3ccc(C(F)(F)F)cc3)nc3c(P(=S)(c4ccccc4)c4ccccc4)cccc23)cc1. The minimum absolute atomic E-state index is 0.362. The number of alkyl halides is 3. The molecule has 1 nitrogen and oxygen atoms in total. The molecule has 0 spiro atoms. The molecule has 1 aromatic heterocycles. The number of aromatic nitrogens is 1. The van der Waals surface area contributed by atoms with Crippen LogP contribution in [-0.2, 0) is 18.0 Å². The maximum absolute atomic E-state index is 13.9. The van der Waals surface area contributed by atoms with Crippen LogP contribution in [0.15, 0.2) is 133 Å². The standard InChI is InChI=1S/C34H22F4NPS/c35-26-20-16-23(17-21-26)30-22-31(24-14-18-25(19-15-24)34(36,37)38)39-33-29(30)12-7-13-32(33)40(41,27-8-3-1-4-9-27)28-10-5-2-6-11-28/h1-22H. The van der Waals surface area contributed by atoms with Crippen molar-refractivity contribution in [1.82, 2.24) is 4.98 Å². The first-order chi connectivity index (χ1) is 19.7. The first-order valence-corrected chi connectivity index (χ1v) is 15.6. The summed E-state index contributed by atoms with van der Waals surface area (Å²) in [6.45, 7) is 0. The lowest BCUT2D eigenvalue weighted by molar-refractivity contribution is -0.137. The summed E-state index contributed by atoms with van der Waals surface area (Å²) in [5.74, 6) is -0.362. The van der Waals surface area contributed by atoms with Gasteiger partial charge in [-0.3, -0.25) is 0 Å². The van der Waals surface area contributed by atoms with Gasteiger partial charge in [0.1, 0.15) is 5.82 Å². The number of para-hydroxylation sites is 1. The molecule has 0 unspecified atom stereocenters. The average molecular weight is 584 g/mol. The number of hydrogen-bond acceptors (Lipinski definition) is 2. The van der Waals surface area contributed by atoms with Gasteiger partial charge in [-0.25, -0.2) is 9.37 Å². The van der Waals surface area contributed by atoms with Gasteiger partial charge in [-0.1, -0.05) is 115 Å². The van der Waals surface area contributed by atoms with E-state index >= 15 is 0 Å². The number of fused-ring (bicyclic) bond motifs is 1. The second-order valence-corrected chi connectivity index (χ2v) is 14.0. The zero-order valence-electron chi connectivity index (χ0n) is 21.5. The Morgan fingerprint density at radius 2 is 1.17 bits per heavy atom. The van der Waals surface area contributed by atoms with Crippen LogP contribution >= 0.6 is 6.04 Å². The average Bonchev–Trinajstić information content (AvgIpc) is 3.01. The summed E-state index contributed by atoms with van der Waals surface area (Å²) in [6, 6.07) is 36.2. The first-order valence-electron chi connectivity index (χ1n) is 12.8. The predicted octanol–water partition coefficient (Wildman–Crippen LogP) is 8.48. The zero-order valence-corrected chi connectivity index (χ0v) is 23.2. The van der Waals surface area contributed by atoms with Gasteiger partial charge in [-0.15, -0.1) is 0 Å². The van der Waals surface area contributed by atoms with E-state index in [-0.39, 0.29) is 5.82 Å². The van der Waals surface area contributed by atoms with Crippen LogP contribution < -0.4 is 15.9 Å². The quantitative estimate of drug-likeness (QED) is 0.149. The Balaban J connectivity index is 1.68. The first kappa shape index (κ1) is 27.1. The van der Waals surface area contributed by atoms with Crippen LogP contribution in [0.4, 0.5) is 17.6 Å². The number of hydrogen-bond donors (Lipinski definition) is 0. The van der Waals surface area contributed by atoms with Crippen molar-refractivity contribution in [2.75, 3.05) is 0 Å². The van der Waals surface area contributed by atoms with E-state index in [9.17, 15) is 17.6 Å². The van der Waals surface area contributed by atoms with Crippen LogP contribution in [0.1, 0.15) is 5.56 Å². The number of benzene rings is 5. The highest BCUT2D eigenvalue weighted by atomic mass is 32.4. The lowest BCUT2D eigenvalue weighted by Gasteiger charge is -2.26. The second-order valence-electron chi connectivity index (χ2n) is 9.59. The molecule has 0 amide bonds. The molecule has 0 atom stereocenters. The van der Waals surface area contributed by atoms with E-state index in [1.165, 1.54) is 24.3 Å². The van der Waals surface area contributed by atoms with Gasteiger partial charge in [-0.2, -0.15) is 13.2 Å². The molecule has 41 heavy (non-hydrogen) atoms. The number of halogens is 4. The van der Waals surface area contributed by atoms with Crippen LogP contribution in [0.3, 0.4) is 0 Å². The molecule has 0 aliphatic heterocycles. The molecular formula is C34H22F4NPS. The van der Waals surface area contributed by atoms with Crippen molar-refractivity contribution in [3.63, 3.8) is 0 Å². The van der Waals surface area contributed by atoms with Crippen LogP contribution in [0.5, 0.6) is 0 Å². The molecule has 0 N–H and O–H groups in total. The molecule has 7 heteroatoms. The Kier molecular flexibility index (Phi) is 7.06. The smallest absolute Gasteiger partial charge is 0.247 e. The van der Waals surface area contributed by atoms with Gasteiger partial charge in [-0.05, 0) is 52.1 Å². The molecule has 1 heterocycles. The van der Waals surface area contributed by atoms with Crippen LogP contribution in [0, 0.1) is 5.82 Å². The van der Waals surface area contributed by atoms with Crippen LogP contribution in [-0.4, -0.2) is 4.98 Å². The summed E-state index contributed by atoms with van der Waals surface area (Å²) < 4.78 is 53.8. The van der Waals surface area contributed by atoms with Crippen molar-refractivity contribution < 1.29 is 17.6 Å². The Bertz CT molecular complexity index is 1840. The van der Waals surface area contributed by atoms with Crippen molar-refractivity contribution in [2.45, 2.75) is 6.18 Å². The second kappa shape index (κ2) is 10.7. The summed E-state index contributed by atoms with van der Waals surface area (Å²) in [5, 5.41) is 3.70. The van der Waals surface area contributed by atoms with E-state index in [4.69, 9.17) is 16.8 Å². The van der Waals surface area contributed by atoms with Crippen molar-refractivity contribution in [3.8, 4) is 22.4 Å². The predicted molar refractivity (Wildman–Crippen MR) is 164 cm³/mol. The molecule has 202 valence electrons. The van der Waals surface area contributed by atoms with Crippen LogP contribution in [0.25, 0.3) is 33.3 Å². The maximum atomic E-state index is 13.9. The summed E-state index contributed by atoms with van der Waals surface area (Å²) in [4.78, 5) is 5.06. The zero-order chi connectivity index (χ0) is 28.6. The van der Waals surface area contributed by atoms with Gasteiger partial charge in [0.15, 0.2) is 0 Å². The van der Waals surface area contributed by atoms with Gasteiger partial charge in [0.25, 0.3) is 0 Å². The highest BCUT2D eigenvalue weighted by molar-refractivity contribution is 8.25. The summed E-state index contributed by atoms with van der Waals surface area (Å²) in [6.07, 6.45) is -4.44. The molecule has 0 radical (unpaired) electrons. The molecule has 0 saturated carbocycles. The Hall–Kier alpha value is -4.12. The van der Waals surface area contributed by atoms with Crippen molar-refractivity contribution >= 4 is 44.7 Å². The minimum Gasteiger partial charge on any atom is -0.247 e. The van der Waals surface area contributed by atoms with E-state index in [2.05, 4.69) is 0 Å².